The number of hydrogen-bond donors (Lipinski definition) is 1. The highest BCUT2D eigenvalue weighted by Crippen LogP contribution is 2.37. The molecule has 0 bridgehead atoms. The molecule has 0 saturated carbocycles. The second-order valence-electron chi connectivity index (χ2n) is 4.57. The lowest BCUT2D eigenvalue weighted by Gasteiger charge is -2.01. The Bertz CT molecular complexity index is 798. The molecule has 0 spiro atoms. The van der Waals surface area contributed by atoms with Crippen LogP contribution in [0.3, 0.4) is 0 Å². The summed E-state index contributed by atoms with van der Waals surface area (Å²) in [7, 11) is 0. The van der Waals surface area contributed by atoms with E-state index in [9.17, 15) is 4.79 Å². The summed E-state index contributed by atoms with van der Waals surface area (Å²) in [5.41, 5.74) is 9.93. The standard InChI is InChI=1S/C13H13N3OS/c1-6-4-7(2)11-9-10(14)12(8(3)17)18-13(9)15-16(11)5-6/h4-5H,14H2,1-3H3. The number of nitrogens with zero attached hydrogens (tertiary/aromatic N) is 2. The number of carbonyl (C=O) groups is 1. The molecule has 0 radical (unpaired) electrons. The molecule has 3 aromatic heterocycles. The smallest absolute Gasteiger partial charge is 0.171 e. The van der Waals surface area contributed by atoms with Crippen molar-refractivity contribution in [3.8, 4) is 0 Å². The van der Waals surface area contributed by atoms with Crippen LogP contribution in [0.2, 0.25) is 0 Å². The number of pyridine rings is 1. The number of aromatic nitrogens is 2. The Labute approximate surface area is 108 Å². The summed E-state index contributed by atoms with van der Waals surface area (Å²) in [6.07, 6.45) is 1.97. The van der Waals surface area contributed by atoms with Crippen molar-refractivity contribution in [2.75, 3.05) is 5.73 Å². The molecule has 18 heavy (non-hydrogen) atoms. The molecule has 3 rings (SSSR count). The van der Waals surface area contributed by atoms with E-state index in [2.05, 4.69) is 11.2 Å². The van der Waals surface area contributed by atoms with E-state index >= 15 is 0 Å². The predicted octanol–water partition coefficient (Wildman–Crippen LogP) is 2.95. The van der Waals surface area contributed by atoms with Gasteiger partial charge in [-0.25, -0.2) is 4.52 Å². The monoisotopic (exact) mass is 259 g/mol. The number of thiophene rings is 1. The first kappa shape index (κ1) is 11.2. The number of hydrogen-bond acceptors (Lipinski definition) is 4. The SMILES string of the molecule is CC(=O)c1sc2nn3cc(C)cc(C)c3c2c1N. The van der Waals surface area contributed by atoms with Crippen molar-refractivity contribution in [2.24, 2.45) is 0 Å². The molecule has 0 fully saturated rings. The first-order valence-electron chi connectivity index (χ1n) is 5.67. The Morgan fingerprint density at radius 1 is 1.44 bits per heavy atom. The Morgan fingerprint density at radius 3 is 2.83 bits per heavy atom. The van der Waals surface area contributed by atoms with Crippen molar-refractivity contribution in [1.29, 1.82) is 0 Å². The third kappa shape index (κ3) is 1.37. The molecule has 0 aliphatic heterocycles. The van der Waals surface area contributed by atoms with Gasteiger partial charge in [-0.1, -0.05) is 6.07 Å². The number of rotatable bonds is 1. The molecule has 5 heteroatoms. The number of nitrogen functional groups attached to an aromatic ring is 1. The van der Waals surface area contributed by atoms with Crippen molar-refractivity contribution < 1.29 is 4.79 Å². The summed E-state index contributed by atoms with van der Waals surface area (Å²) >= 11 is 1.37. The first-order valence-corrected chi connectivity index (χ1v) is 6.49. The average Bonchev–Trinajstić information content (AvgIpc) is 2.75. The molecule has 0 unspecified atom stereocenters. The number of aryl methyl sites for hydroxylation is 2. The minimum absolute atomic E-state index is 0.00147. The Hall–Kier alpha value is -1.88. The van der Waals surface area contributed by atoms with Crippen molar-refractivity contribution in [2.45, 2.75) is 20.8 Å². The summed E-state index contributed by atoms with van der Waals surface area (Å²) in [5, 5.41) is 5.41. The zero-order valence-corrected chi connectivity index (χ0v) is 11.3. The lowest BCUT2D eigenvalue weighted by Crippen LogP contribution is -1.96. The van der Waals surface area contributed by atoms with Crippen LogP contribution in [-0.4, -0.2) is 15.4 Å². The lowest BCUT2D eigenvalue weighted by molar-refractivity contribution is 0.102. The quantitative estimate of drug-likeness (QED) is 0.683. The van der Waals surface area contributed by atoms with Crippen LogP contribution >= 0.6 is 11.3 Å². The first-order chi connectivity index (χ1) is 8.49. The van der Waals surface area contributed by atoms with Gasteiger partial charge in [0.15, 0.2) is 5.78 Å². The van der Waals surface area contributed by atoms with E-state index in [1.165, 1.54) is 18.3 Å². The van der Waals surface area contributed by atoms with Crippen molar-refractivity contribution >= 4 is 38.5 Å². The minimum Gasteiger partial charge on any atom is -0.397 e. The highest BCUT2D eigenvalue weighted by Gasteiger charge is 2.19. The van der Waals surface area contributed by atoms with E-state index in [4.69, 9.17) is 5.73 Å². The summed E-state index contributed by atoms with van der Waals surface area (Å²) in [6.45, 7) is 5.61. The van der Waals surface area contributed by atoms with Gasteiger partial charge < -0.3 is 5.73 Å². The molecule has 2 N–H and O–H groups in total. The number of ketones is 1. The molecule has 3 heterocycles. The molecule has 0 amide bonds. The summed E-state index contributed by atoms with van der Waals surface area (Å²) in [6, 6.07) is 2.10. The third-order valence-electron chi connectivity index (χ3n) is 3.05. The van der Waals surface area contributed by atoms with Gasteiger partial charge in [0.25, 0.3) is 0 Å². The fourth-order valence-corrected chi connectivity index (χ4v) is 3.35. The van der Waals surface area contributed by atoms with Gasteiger partial charge in [-0.3, -0.25) is 4.79 Å². The van der Waals surface area contributed by atoms with Crippen LogP contribution < -0.4 is 5.73 Å². The van der Waals surface area contributed by atoms with Gasteiger partial charge in [-0.05, 0) is 25.0 Å². The van der Waals surface area contributed by atoms with Gasteiger partial charge in [-0.15, -0.1) is 11.3 Å². The van der Waals surface area contributed by atoms with E-state index in [1.54, 1.807) is 0 Å². The van der Waals surface area contributed by atoms with Crippen molar-refractivity contribution in [3.05, 3.63) is 28.3 Å². The second-order valence-corrected chi connectivity index (χ2v) is 5.57. The van der Waals surface area contributed by atoms with Gasteiger partial charge in [0.2, 0.25) is 0 Å². The van der Waals surface area contributed by atoms with Gasteiger partial charge >= 0.3 is 0 Å². The van der Waals surface area contributed by atoms with Crippen LogP contribution in [0, 0.1) is 13.8 Å². The maximum Gasteiger partial charge on any atom is 0.171 e. The molecule has 0 aliphatic carbocycles. The normalized spacial score (nSPS) is 11.5. The van der Waals surface area contributed by atoms with Crippen molar-refractivity contribution in [3.63, 3.8) is 0 Å². The van der Waals surface area contributed by atoms with Crippen LogP contribution in [0.5, 0.6) is 0 Å². The van der Waals surface area contributed by atoms with Crippen LogP contribution in [0.25, 0.3) is 15.7 Å². The molecule has 0 aromatic carbocycles. The molecular weight excluding hydrogens is 246 g/mol. The second kappa shape index (κ2) is 3.55. The number of fused-ring (bicyclic) bond motifs is 3. The molecule has 4 nitrogen and oxygen atoms in total. The van der Waals surface area contributed by atoms with Crippen LogP contribution in [0.1, 0.15) is 27.7 Å². The molecular formula is C13H13N3OS. The van der Waals surface area contributed by atoms with Gasteiger partial charge in [0, 0.05) is 13.1 Å². The number of carbonyl (C=O) groups excluding carboxylic acids is 1. The fraction of sp³-hybridized carbons (Fsp3) is 0.231. The van der Waals surface area contributed by atoms with Crippen molar-refractivity contribution in [1.82, 2.24) is 9.61 Å². The molecule has 3 aromatic rings. The fourth-order valence-electron chi connectivity index (χ4n) is 2.37. The van der Waals surface area contributed by atoms with Gasteiger partial charge in [0.05, 0.1) is 21.5 Å². The van der Waals surface area contributed by atoms with E-state index in [-0.39, 0.29) is 5.78 Å². The summed E-state index contributed by atoms with van der Waals surface area (Å²) in [5.74, 6) is -0.00147. The Morgan fingerprint density at radius 2 is 2.17 bits per heavy atom. The van der Waals surface area contributed by atoms with Gasteiger partial charge in [0.1, 0.15) is 4.83 Å². The predicted molar refractivity (Wildman–Crippen MR) is 74.5 cm³/mol. The summed E-state index contributed by atoms with van der Waals surface area (Å²) in [4.78, 5) is 12.9. The lowest BCUT2D eigenvalue weighted by atomic mass is 10.1. The molecule has 0 saturated heterocycles. The van der Waals surface area contributed by atoms with Gasteiger partial charge in [-0.2, -0.15) is 5.10 Å². The highest BCUT2D eigenvalue weighted by atomic mass is 32.1. The third-order valence-corrected chi connectivity index (χ3v) is 4.25. The van der Waals surface area contributed by atoms with E-state index < -0.39 is 0 Å². The largest absolute Gasteiger partial charge is 0.397 e. The van der Waals surface area contributed by atoms with Crippen LogP contribution in [0.4, 0.5) is 5.69 Å². The maximum atomic E-state index is 11.5. The molecule has 0 atom stereocenters. The number of anilines is 1. The average molecular weight is 259 g/mol. The van der Waals surface area contributed by atoms with E-state index in [0.717, 1.165) is 26.9 Å². The highest BCUT2D eigenvalue weighted by molar-refractivity contribution is 7.21. The zero-order chi connectivity index (χ0) is 13.0. The minimum atomic E-state index is -0.00147. The topological polar surface area (TPSA) is 60.4 Å². The van der Waals surface area contributed by atoms with E-state index in [0.29, 0.717) is 10.6 Å². The zero-order valence-electron chi connectivity index (χ0n) is 10.4. The summed E-state index contributed by atoms with van der Waals surface area (Å²) < 4.78 is 1.85. The maximum absolute atomic E-state index is 11.5. The number of Topliss-reactive ketones (excluding diaryl/α,β-unsaturated/α-hetero) is 1. The van der Waals surface area contributed by atoms with Crippen LogP contribution in [-0.2, 0) is 0 Å². The Kier molecular flexibility index (Phi) is 2.22. The molecule has 0 aliphatic rings. The Balaban J connectivity index is 2.51. The molecule has 92 valence electrons. The van der Waals surface area contributed by atoms with Crippen LogP contribution in [0.15, 0.2) is 12.3 Å². The number of nitrogens with two attached hydrogens (primary N) is 1. The van der Waals surface area contributed by atoms with E-state index in [1.807, 2.05) is 24.6 Å².